The van der Waals surface area contributed by atoms with Crippen LogP contribution in [0.5, 0.6) is 0 Å². The molecule has 4 heteroatoms. The Bertz CT molecular complexity index is 355. The first-order chi connectivity index (χ1) is 7.06. The van der Waals surface area contributed by atoms with Crippen molar-refractivity contribution >= 4 is 5.91 Å². The molecular formula is C11H19N3O. The predicted octanol–water partition coefficient (Wildman–Crippen LogP) is 0.607. The van der Waals surface area contributed by atoms with Gasteiger partial charge in [-0.3, -0.25) is 4.79 Å². The molecule has 4 nitrogen and oxygen atoms in total. The third-order valence-corrected chi connectivity index (χ3v) is 2.73. The Hall–Kier alpha value is -1.29. The van der Waals surface area contributed by atoms with Crippen LogP contribution in [0.2, 0.25) is 0 Å². The van der Waals surface area contributed by atoms with E-state index in [0.29, 0.717) is 19.5 Å². The fraction of sp³-hybridized carbons (Fsp3) is 0.545. The summed E-state index contributed by atoms with van der Waals surface area (Å²) in [6.07, 6.45) is 0.394. The van der Waals surface area contributed by atoms with E-state index in [1.54, 1.807) is 0 Å². The van der Waals surface area contributed by atoms with E-state index in [-0.39, 0.29) is 5.91 Å². The number of nitrogens with two attached hydrogens (primary N) is 1. The fourth-order valence-electron chi connectivity index (χ4n) is 1.53. The Kier molecular flexibility index (Phi) is 3.91. The van der Waals surface area contributed by atoms with Crippen molar-refractivity contribution in [3.8, 4) is 0 Å². The topological polar surface area (TPSA) is 60.1 Å². The number of rotatable bonds is 4. The van der Waals surface area contributed by atoms with Crippen molar-refractivity contribution in [2.75, 3.05) is 6.54 Å². The Labute approximate surface area is 90.5 Å². The molecule has 0 aliphatic rings. The highest BCUT2D eigenvalue weighted by Crippen LogP contribution is 2.12. The maximum atomic E-state index is 11.2. The van der Waals surface area contributed by atoms with Crippen molar-refractivity contribution in [1.29, 1.82) is 0 Å². The zero-order chi connectivity index (χ0) is 11.4. The molecule has 1 amide bonds. The van der Waals surface area contributed by atoms with E-state index in [1.165, 1.54) is 17.0 Å². The van der Waals surface area contributed by atoms with Gasteiger partial charge in [0.25, 0.3) is 0 Å². The average Bonchev–Trinajstić information content (AvgIpc) is 2.43. The van der Waals surface area contributed by atoms with Crippen LogP contribution in [0.4, 0.5) is 0 Å². The molecule has 1 aromatic heterocycles. The maximum Gasteiger partial charge on any atom is 0.221 e. The molecule has 1 aromatic rings. The minimum absolute atomic E-state index is 0.0124. The second-order valence-electron chi connectivity index (χ2n) is 3.77. The van der Waals surface area contributed by atoms with E-state index in [1.807, 2.05) is 7.05 Å². The second-order valence-corrected chi connectivity index (χ2v) is 3.77. The fourth-order valence-corrected chi connectivity index (χ4v) is 1.53. The molecule has 0 radical (unpaired) electrons. The number of hydrogen-bond donors (Lipinski definition) is 2. The molecule has 0 fully saturated rings. The molecule has 0 unspecified atom stereocenters. The summed E-state index contributed by atoms with van der Waals surface area (Å²) in [4.78, 5) is 11.2. The monoisotopic (exact) mass is 209 g/mol. The maximum absolute atomic E-state index is 11.2. The van der Waals surface area contributed by atoms with Gasteiger partial charge >= 0.3 is 0 Å². The van der Waals surface area contributed by atoms with Crippen LogP contribution in [0.15, 0.2) is 6.07 Å². The quantitative estimate of drug-likeness (QED) is 0.763. The molecule has 0 saturated carbocycles. The van der Waals surface area contributed by atoms with Crippen molar-refractivity contribution in [3.05, 3.63) is 23.0 Å². The Morgan fingerprint density at radius 3 is 2.67 bits per heavy atom. The molecule has 1 heterocycles. The van der Waals surface area contributed by atoms with E-state index < -0.39 is 0 Å². The van der Waals surface area contributed by atoms with E-state index >= 15 is 0 Å². The van der Waals surface area contributed by atoms with Gasteiger partial charge in [0.2, 0.25) is 5.91 Å². The van der Waals surface area contributed by atoms with E-state index in [4.69, 9.17) is 5.73 Å². The van der Waals surface area contributed by atoms with Crippen molar-refractivity contribution in [1.82, 2.24) is 9.88 Å². The van der Waals surface area contributed by atoms with Crippen molar-refractivity contribution < 1.29 is 4.79 Å². The van der Waals surface area contributed by atoms with E-state index in [2.05, 4.69) is 29.8 Å². The van der Waals surface area contributed by atoms with Crippen molar-refractivity contribution in [2.24, 2.45) is 12.8 Å². The number of carbonyl (C=O) groups excluding carboxylic acids is 1. The smallest absolute Gasteiger partial charge is 0.221 e. The van der Waals surface area contributed by atoms with Crippen molar-refractivity contribution in [3.63, 3.8) is 0 Å². The third-order valence-electron chi connectivity index (χ3n) is 2.73. The largest absolute Gasteiger partial charge is 0.352 e. The van der Waals surface area contributed by atoms with Gasteiger partial charge in [0.1, 0.15) is 0 Å². The lowest BCUT2D eigenvalue weighted by molar-refractivity contribution is -0.121. The van der Waals surface area contributed by atoms with Crippen LogP contribution < -0.4 is 11.1 Å². The van der Waals surface area contributed by atoms with Crippen LogP contribution in [-0.2, 0) is 18.4 Å². The molecule has 0 spiro atoms. The van der Waals surface area contributed by atoms with Gasteiger partial charge in [0.15, 0.2) is 0 Å². The molecule has 0 bridgehead atoms. The standard InChI is InChI=1S/C11H19N3O/c1-8-6-10(9(2)14(8)3)7-13-11(15)4-5-12/h6H,4-5,7,12H2,1-3H3,(H,13,15). The first kappa shape index (κ1) is 11.8. The Morgan fingerprint density at radius 1 is 1.53 bits per heavy atom. The SMILES string of the molecule is Cc1cc(CNC(=O)CCN)c(C)n1C. The number of aryl methyl sites for hydroxylation is 1. The molecule has 0 saturated heterocycles. The molecule has 15 heavy (non-hydrogen) atoms. The first-order valence-corrected chi connectivity index (χ1v) is 5.14. The van der Waals surface area contributed by atoms with Gasteiger partial charge in [0.05, 0.1) is 0 Å². The predicted molar refractivity (Wildman–Crippen MR) is 60.4 cm³/mol. The Morgan fingerprint density at radius 2 is 2.20 bits per heavy atom. The molecule has 1 rings (SSSR count). The van der Waals surface area contributed by atoms with Crippen LogP contribution >= 0.6 is 0 Å². The molecule has 0 aliphatic heterocycles. The molecule has 3 N–H and O–H groups in total. The lowest BCUT2D eigenvalue weighted by Crippen LogP contribution is -2.25. The number of hydrogen-bond acceptors (Lipinski definition) is 2. The summed E-state index contributed by atoms with van der Waals surface area (Å²) in [6.45, 7) is 5.10. The zero-order valence-corrected chi connectivity index (χ0v) is 9.63. The highest BCUT2D eigenvalue weighted by Gasteiger charge is 2.06. The summed E-state index contributed by atoms with van der Waals surface area (Å²) in [6, 6.07) is 2.10. The van der Waals surface area contributed by atoms with Crippen LogP contribution in [0, 0.1) is 13.8 Å². The molecular weight excluding hydrogens is 190 g/mol. The highest BCUT2D eigenvalue weighted by molar-refractivity contribution is 5.76. The van der Waals surface area contributed by atoms with Gasteiger partial charge in [-0.1, -0.05) is 0 Å². The zero-order valence-electron chi connectivity index (χ0n) is 9.63. The number of aromatic nitrogens is 1. The Balaban J connectivity index is 2.58. The highest BCUT2D eigenvalue weighted by atomic mass is 16.1. The number of nitrogens with one attached hydrogen (secondary N) is 1. The molecule has 0 aromatic carbocycles. The molecule has 0 aliphatic carbocycles. The van der Waals surface area contributed by atoms with Crippen LogP contribution in [0.3, 0.4) is 0 Å². The first-order valence-electron chi connectivity index (χ1n) is 5.14. The second kappa shape index (κ2) is 4.98. The summed E-state index contributed by atoms with van der Waals surface area (Å²) in [5.41, 5.74) is 8.86. The van der Waals surface area contributed by atoms with E-state index in [9.17, 15) is 4.79 Å². The van der Waals surface area contributed by atoms with Crippen molar-refractivity contribution in [2.45, 2.75) is 26.8 Å². The van der Waals surface area contributed by atoms with Crippen LogP contribution in [-0.4, -0.2) is 17.0 Å². The van der Waals surface area contributed by atoms with Gasteiger partial charge in [0, 0.05) is 37.9 Å². The van der Waals surface area contributed by atoms with E-state index in [0.717, 1.165) is 0 Å². The summed E-state index contributed by atoms with van der Waals surface area (Å²) in [5.74, 6) is 0.0124. The number of amides is 1. The minimum atomic E-state index is 0.0124. The van der Waals surface area contributed by atoms with Gasteiger partial charge in [-0.05, 0) is 25.5 Å². The summed E-state index contributed by atoms with van der Waals surface area (Å²) >= 11 is 0. The van der Waals surface area contributed by atoms with Gasteiger partial charge in [-0.15, -0.1) is 0 Å². The number of nitrogens with zero attached hydrogens (tertiary/aromatic N) is 1. The summed E-state index contributed by atoms with van der Waals surface area (Å²) < 4.78 is 2.12. The number of carbonyl (C=O) groups is 1. The third kappa shape index (κ3) is 2.83. The van der Waals surface area contributed by atoms with Gasteiger partial charge in [-0.2, -0.15) is 0 Å². The lowest BCUT2D eigenvalue weighted by Gasteiger charge is -2.04. The summed E-state index contributed by atoms with van der Waals surface area (Å²) in [5, 5.41) is 2.85. The lowest BCUT2D eigenvalue weighted by atomic mass is 10.2. The molecule has 84 valence electrons. The minimum Gasteiger partial charge on any atom is -0.352 e. The normalized spacial score (nSPS) is 10.4. The van der Waals surface area contributed by atoms with Gasteiger partial charge < -0.3 is 15.6 Å². The molecule has 0 atom stereocenters. The van der Waals surface area contributed by atoms with Crippen LogP contribution in [0.1, 0.15) is 23.4 Å². The van der Waals surface area contributed by atoms with Crippen LogP contribution in [0.25, 0.3) is 0 Å². The average molecular weight is 209 g/mol. The van der Waals surface area contributed by atoms with Gasteiger partial charge in [-0.25, -0.2) is 0 Å². The summed E-state index contributed by atoms with van der Waals surface area (Å²) in [7, 11) is 2.02.